The third-order valence-electron chi connectivity index (χ3n) is 4.15. The summed E-state index contributed by atoms with van der Waals surface area (Å²) in [6, 6.07) is 4.65. The molecule has 8 nitrogen and oxygen atoms in total. The van der Waals surface area contributed by atoms with E-state index in [0.29, 0.717) is 17.7 Å². The van der Waals surface area contributed by atoms with Gasteiger partial charge in [0.15, 0.2) is 6.10 Å². The molecule has 1 amide bonds. The molecule has 0 bridgehead atoms. The lowest BCUT2D eigenvalue weighted by atomic mass is 10.1. The van der Waals surface area contributed by atoms with Crippen molar-refractivity contribution in [3.05, 3.63) is 35.5 Å². The highest BCUT2D eigenvalue weighted by Crippen LogP contribution is 2.19. The van der Waals surface area contributed by atoms with E-state index in [4.69, 9.17) is 14.4 Å². The molecule has 1 atom stereocenters. The normalized spacial score (nSPS) is 17.3. The van der Waals surface area contributed by atoms with Gasteiger partial charge in [0.2, 0.25) is 17.6 Å². The maximum Gasteiger partial charge on any atom is 0.334 e. The molecule has 26 heavy (non-hydrogen) atoms. The molecule has 3 rings (SSSR count). The zero-order valence-corrected chi connectivity index (χ0v) is 14.1. The van der Waals surface area contributed by atoms with Crippen molar-refractivity contribution in [1.82, 2.24) is 15.0 Å². The minimum absolute atomic E-state index is 0.0197. The first kappa shape index (κ1) is 18.0. The molecule has 1 fully saturated rings. The molecule has 138 valence electrons. The predicted octanol–water partition coefficient (Wildman–Crippen LogP) is 1.43. The molecule has 1 aromatic carbocycles. The average molecular weight is 363 g/mol. The van der Waals surface area contributed by atoms with Crippen LogP contribution in [0.4, 0.5) is 4.39 Å². The van der Waals surface area contributed by atoms with Gasteiger partial charge < -0.3 is 19.3 Å². The summed E-state index contributed by atoms with van der Waals surface area (Å²) in [5, 5.41) is 12.8. The fourth-order valence-corrected chi connectivity index (χ4v) is 2.60. The van der Waals surface area contributed by atoms with Gasteiger partial charge in [0.1, 0.15) is 5.82 Å². The number of carboxylic acid groups (broad SMARTS) is 1. The molecular formula is C17H18FN3O5. The summed E-state index contributed by atoms with van der Waals surface area (Å²) in [6.45, 7) is 2.21. The maximum absolute atomic E-state index is 13.6. The van der Waals surface area contributed by atoms with Crippen LogP contribution in [0.3, 0.4) is 0 Å². The number of aliphatic carboxylic acids is 1. The van der Waals surface area contributed by atoms with Crippen LogP contribution >= 0.6 is 0 Å². The van der Waals surface area contributed by atoms with Crippen molar-refractivity contribution in [3.8, 4) is 11.4 Å². The van der Waals surface area contributed by atoms with Crippen LogP contribution in [-0.4, -0.2) is 57.8 Å². The molecule has 0 aliphatic carbocycles. The second-order valence-electron chi connectivity index (χ2n) is 6.01. The predicted molar refractivity (Wildman–Crippen MR) is 86.7 cm³/mol. The Morgan fingerprint density at radius 2 is 2.23 bits per heavy atom. The summed E-state index contributed by atoms with van der Waals surface area (Å²) in [5.41, 5.74) is 1.01. The van der Waals surface area contributed by atoms with Crippen LogP contribution in [0.5, 0.6) is 0 Å². The fourth-order valence-electron chi connectivity index (χ4n) is 2.60. The summed E-state index contributed by atoms with van der Waals surface area (Å²) in [5.74, 6) is -1.14. The number of rotatable bonds is 5. The number of aryl methyl sites for hydroxylation is 2. The highest BCUT2D eigenvalue weighted by Gasteiger charge is 2.28. The van der Waals surface area contributed by atoms with Crippen LogP contribution in [0.15, 0.2) is 22.7 Å². The van der Waals surface area contributed by atoms with Gasteiger partial charge in [-0.2, -0.15) is 4.98 Å². The lowest BCUT2D eigenvalue weighted by molar-refractivity contribution is -0.159. The Morgan fingerprint density at radius 3 is 2.96 bits per heavy atom. The van der Waals surface area contributed by atoms with Crippen molar-refractivity contribution in [3.63, 3.8) is 0 Å². The number of ether oxygens (including phenoxy) is 1. The number of hydrogen-bond donors (Lipinski definition) is 1. The molecule has 9 heteroatoms. The van der Waals surface area contributed by atoms with E-state index >= 15 is 0 Å². The van der Waals surface area contributed by atoms with E-state index in [1.807, 2.05) is 0 Å². The number of hydrogen-bond acceptors (Lipinski definition) is 6. The van der Waals surface area contributed by atoms with E-state index in [-0.39, 0.29) is 49.4 Å². The Morgan fingerprint density at radius 1 is 1.42 bits per heavy atom. The highest BCUT2D eigenvalue weighted by molar-refractivity contribution is 5.78. The van der Waals surface area contributed by atoms with Crippen molar-refractivity contribution < 1.29 is 28.3 Å². The molecule has 2 heterocycles. The average Bonchev–Trinajstić information content (AvgIpc) is 3.11. The standard InChI is InChI=1S/C17H18FN3O5/c1-10-2-3-11(8-12(10)18)16-19-14(26-20-16)4-5-15(22)21-6-7-25-13(9-21)17(23)24/h2-3,8,13H,4-7,9H2,1H3,(H,23,24)/t13-/m1/s1. The van der Waals surface area contributed by atoms with E-state index in [1.54, 1.807) is 19.1 Å². The number of morpholine rings is 1. The minimum Gasteiger partial charge on any atom is -0.479 e. The van der Waals surface area contributed by atoms with Crippen molar-refractivity contribution in [2.24, 2.45) is 0 Å². The lowest BCUT2D eigenvalue weighted by Crippen LogP contribution is -2.48. The number of carboxylic acids is 1. The summed E-state index contributed by atoms with van der Waals surface area (Å²) in [7, 11) is 0. The van der Waals surface area contributed by atoms with Crippen LogP contribution in [-0.2, 0) is 20.7 Å². The first-order chi connectivity index (χ1) is 12.4. The van der Waals surface area contributed by atoms with Gasteiger partial charge in [-0.25, -0.2) is 9.18 Å². The summed E-state index contributed by atoms with van der Waals surface area (Å²) in [6.07, 6.45) is -0.676. The molecule has 0 unspecified atom stereocenters. The Balaban J connectivity index is 1.58. The number of nitrogens with zero attached hydrogens (tertiary/aromatic N) is 3. The van der Waals surface area contributed by atoms with Crippen LogP contribution in [0.2, 0.25) is 0 Å². The Bertz CT molecular complexity index is 822. The number of halogens is 1. The molecule has 0 spiro atoms. The van der Waals surface area contributed by atoms with Crippen molar-refractivity contribution in [2.45, 2.75) is 25.9 Å². The monoisotopic (exact) mass is 363 g/mol. The van der Waals surface area contributed by atoms with Crippen LogP contribution in [0.1, 0.15) is 17.9 Å². The number of aromatic nitrogens is 2. The first-order valence-corrected chi connectivity index (χ1v) is 8.15. The second kappa shape index (κ2) is 7.61. The molecule has 1 N–H and O–H groups in total. The van der Waals surface area contributed by atoms with Gasteiger partial charge >= 0.3 is 5.97 Å². The van der Waals surface area contributed by atoms with Gasteiger partial charge in [0.05, 0.1) is 13.2 Å². The maximum atomic E-state index is 13.6. The molecule has 1 aromatic heterocycles. The van der Waals surface area contributed by atoms with Gasteiger partial charge in [-0.1, -0.05) is 17.3 Å². The van der Waals surface area contributed by atoms with E-state index in [2.05, 4.69) is 10.1 Å². The third kappa shape index (κ3) is 4.05. The minimum atomic E-state index is -1.09. The molecular weight excluding hydrogens is 345 g/mol. The quantitative estimate of drug-likeness (QED) is 0.856. The summed E-state index contributed by atoms with van der Waals surface area (Å²) >= 11 is 0. The van der Waals surface area contributed by atoms with Crippen molar-refractivity contribution >= 4 is 11.9 Å². The zero-order valence-electron chi connectivity index (χ0n) is 14.1. The van der Waals surface area contributed by atoms with Crippen LogP contribution in [0.25, 0.3) is 11.4 Å². The molecule has 1 saturated heterocycles. The van der Waals surface area contributed by atoms with E-state index < -0.39 is 12.1 Å². The Kier molecular flexibility index (Phi) is 5.27. The highest BCUT2D eigenvalue weighted by atomic mass is 19.1. The molecule has 0 radical (unpaired) electrons. The van der Waals surface area contributed by atoms with Gasteiger partial charge in [-0.15, -0.1) is 0 Å². The van der Waals surface area contributed by atoms with Gasteiger partial charge in [0, 0.05) is 24.9 Å². The summed E-state index contributed by atoms with van der Waals surface area (Å²) < 4.78 is 23.8. The van der Waals surface area contributed by atoms with Crippen LogP contribution < -0.4 is 0 Å². The van der Waals surface area contributed by atoms with E-state index in [0.717, 1.165) is 0 Å². The van der Waals surface area contributed by atoms with E-state index in [1.165, 1.54) is 11.0 Å². The number of carbonyl (C=O) groups is 2. The molecule has 1 aliphatic heterocycles. The van der Waals surface area contributed by atoms with Crippen molar-refractivity contribution in [1.29, 1.82) is 0 Å². The van der Waals surface area contributed by atoms with Crippen LogP contribution in [0, 0.1) is 12.7 Å². The topological polar surface area (TPSA) is 106 Å². The van der Waals surface area contributed by atoms with Gasteiger partial charge in [0.25, 0.3) is 0 Å². The zero-order chi connectivity index (χ0) is 18.7. The third-order valence-corrected chi connectivity index (χ3v) is 4.15. The second-order valence-corrected chi connectivity index (χ2v) is 6.01. The first-order valence-electron chi connectivity index (χ1n) is 8.15. The van der Waals surface area contributed by atoms with Gasteiger partial charge in [-0.3, -0.25) is 4.79 Å². The molecule has 1 aliphatic rings. The molecule has 0 saturated carbocycles. The van der Waals surface area contributed by atoms with E-state index in [9.17, 15) is 14.0 Å². The van der Waals surface area contributed by atoms with Gasteiger partial charge in [-0.05, 0) is 18.6 Å². The Labute approximate surface area is 148 Å². The molecule has 2 aromatic rings. The smallest absolute Gasteiger partial charge is 0.334 e. The lowest BCUT2D eigenvalue weighted by Gasteiger charge is -2.30. The summed E-state index contributed by atoms with van der Waals surface area (Å²) in [4.78, 5) is 28.8. The SMILES string of the molecule is Cc1ccc(-c2noc(CCC(=O)N3CCO[C@@H](C(=O)O)C3)n2)cc1F. The van der Waals surface area contributed by atoms with Crippen molar-refractivity contribution in [2.75, 3.05) is 19.7 Å². The largest absolute Gasteiger partial charge is 0.479 e. The Hall–Kier alpha value is -2.81. The number of benzene rings is 1. The fraction of sp³-hybridized carbons (Fsp3) is 0.412. The number of amides is 1. The number of carbonyl (C=O) groups excluding carboxylic acids is 1.